The highest BCUT2D eigenvalue weighted by Crippen LogP contribution is 2.27. The Morgan fingerprint density at radius 1 is 1.03 bits per heavy atom. The summed E-state index contributed by atoms with van der Waals surface area (Å²) in [5, 5.41) is 17.7. The number of carbonyl (C=O) groups is 1. The van der Waals surface area contributed by atoms with Gasteiger partial charge in [-0.3, -0.25) is 9.20 Å². The molecule has 1 fully saturated rings. The summed E-state index contributed by atoms with van der Waals surface area (Å²) < 4.78 is 5.35. The Morgan fingerprint density at radius 2 is 1.80 bits per heavy atom. The number of nitrogens with one attached hydrogen (secondary N) is 1. The van der Waals surface area contributed by atoms with E-state index in [9.17, 15) is 9.59 Å². The first-order chi connectivity index (χ1) is 17.1. The van der Waals surface area contributed by atoms with Gasteiger partial charge < -0.3 is 14.7 Å². The number of hydrogen-bond donors (Lipinski definition) is 1. The monoisotopic (exact) mass is 488 g/mol. The van der Waals surface area contributed by atoms with Crippen molar-refractivity contribution >= 4 is 35.2 Å². The Kier molecular flexibility index (Phi) is 6.32. The van der Waals surface area contributed by atoms with E-state index in [2.05, 4.69) is 25.6 Å². The Hall–Kier alpha value is -3.99. The number of aldehydes is 1. The molecule has 5 aromatic heterocycles. The summed E-state index contributed by atoms with van der Waals surface area (Å²) in [4.78, 5) is 25.9. The number of hydrogen-bond acceptors (Lipinski definition) is 8. The van der Waals surface area contributed by atoms with Crippen LogP contribution in [0.3, 0.4) is 0 Å². The molecule has 5 heterocycles. The zero-order chi connectivity index (χ0) is 24.4. The number of anilines is 1. The van der Waals surface area contributed by atoms with Gasteiger partial charge in [-0.05, 0) is 67.4 Å². The van der Waals surface area contributed by atoms with E-state index in [0.717, 1.165) is 52.4 Å². The number of pyridine rings is 2. The minimum Gasteiger partial charge on any atom is -0.372 e. The van der Waals surface area contributed by atoms with Crippen LogP contribution in [0.2, 0.25) is 0 Å². The van der Waals surface area contributed by atoms with Crippen LogP contribution in [0, 0.1) is 5.92 Å². The van der Waals surface area contributed by atoms with Crippen molar-refractivity contribution in [2.75, 3.05) is 12.4 Å². The SMILES string of the molecule is CCn1cc(-c2ccc3nnc(Sc4ccc5nc(NC)cn5n4)n3c2)ccc1=O.O=CC1CC1. The number of nitrogens with zero attached hydrogens (tertiary/aromatic N) is 7. The average molecular weight is 489 g/mol. The fourth-order valence-electron chi connectivity index (χ4n) is 3.42. The summed E-state index contributed by atoms with van der Waals surface area (Å²) in [6, 6.07) is 11.1. The molecule has 6 rings (SSSR count). The fraction of sp³-hybridized carbons (Fsp3) is 0.250. The van der Waals surface area contributed by atoms with E-state index in [-0.39, 0.29) is 5.56 Å². The standard InChI is InChI=1S/C20H18N8OS.C4H6O/c1-3-26-10-13(5-9-19(26)29)14-4-6-17-23-24-20(27(17)11-14)30-18-8-7-16-22-15(21-2)12-28(16)25-18;5-3-4-1-2-4/h4-12,21H,3H2,1-2H3;3-4H,1-2H2. The minimum absolute atomic E-state index is 0.00901. The predicted molar refractivity (Wildman–Crippen MR) is 134 cm³/mol. The largest absolute Gasteiger partial charge is 0.372 e. The van der Waals surface area contributed by atoms with E-state index in [4.69, 9.17) is 0 Å². The maximum atomic E-state index is 11.9. The summed E-state index contributed by atoms with van der Waals surface area (Å²) >= 11 is 1.42. The van der Waals surface area contributed by atoms with Gasteiger partial charge in [-0.25, -0.2) is 9.50 Å². The van der Waals surface area contributed by atoms with Crippen LogP contribution >= 0.6 is 11.8 Å². The second-order valence-corrected chi connectivity index (χ2v) is 9.08. The van der Waals surface area contributed by atoms with Crippen LogP contribution in [0.15, 0.2) is 70.0 Å². The van der Waals surface area contributed by atoms with E-state index in [1.54, 1.807) is 15.1 Å². The highest BCUT2D eigenvalue weighted by Gasteiger charge is 2.19. The summed E-state index contributed by atoms with van der Waals surface area (Å²) in [6.45, 7) is 2.58. The quantitative estimate of drug-likeness (QED) is 0.362. The first kappa shape index (κ1) is 22.8. The van der Waals surface area contributed by atoms with Crippen molar-refractivity contribution in [3.63, 3.8) is 0 Å². The third-order valence-corrected chi connectivity index (χ3v) is 6.48. The van der Waals surface area contributed by atoms with Crippen molar-refractivity contribution < 1.29 is 4.79 Å². The van der Waals surface area contributed by atoms with Crippen molar-refractivity contribution in [1.29, 1.82) is 0 Å². The molecule has 0 aromatic carbocycles. The molecule has 0 bridgehead atoms. The van der Waals surface area contributed by atoms with Gasteiger partial charge in [-0.15, -0.1) is 10.2 Å². The van der Waals surface area contributed by atoms with Crippen LogP contribution in [-0.2, 0) is 11.3 Å². The molecule has 10 nitrogen and oxygen atoms in total. The minimum atomic E-state index is -0.00901. The summed E-state index contributed by atoms with van der Waals surface area (Å²) in [5.41, 5.74) is 3.43. The molecule has 178 valence electrons. The lowest BCUT2D eigenvalue weighted by atomic mass is 10.1. The normalized spacial score (nSPS) is 13.0. The maximum Gasteiger partial charge on any atom is 0.250 e. The van der Waals surface area contributed by atoms with Gasteiger partial charge in [0.05, 0.1) is 6.20 Å². The van der Waals surface area contributed by atoms with Crippen LogP contribution < -0.4 is 10.9 Å². The predicted octanol–water partition coefficient (Wildman–Crippen LogP) is 3.41. The molecule has 0 saturated heterocycles. The van der Waals surface area contributed by atoms with Crippen molar-refractivity contribution in [1.82, 2.24) is 33.8 Å². The van der Waals surface area contributed by atoms with Crippen LogP contribution in [0.1, 0.15) is 19.8 Å². The fourth-order valence-corrected chi connectivity index (χ4v) is 4.20. The summed E-state index contributed by atoms with van der Waals surface area (Å²) in [7, 11) is 1.82. The van der Waals surface area contributed by atoms with Gasteiger partial charge in [0, 0.05) is 43.5 Å². The molecular weight excluding hydrogens is 464 g/mol. The smallest absolute Gasteiger partial charge is 0.250 e. The molecule has 0 atom stereocenters. The zero-order valence-electron chi connectivity index (χ0n) is 19.3. The van der Waals surface area contributed by atoms with Gasteiger partial charge in [0.15, 0.2) is 11.3 Å². The molecule has 1 aliphatic carbocycles. The number of rotatable bonds is 6. The topological polar surface area (TPSA) is 111 Å². The van der Waals surface area contributed by atoms with Crippen molar-refractivity contribution in [2.24, 2.45) is 5.92 Å². The second-order valence-electron chi connectivity index (χ2n) is 8.10. The highest BCUT2D eigenvalue weighted by atomic mass is 32.2. The molecule has 1 saturated carbocycles. The van der Waals surface area contributed by atoms with Crippen LogP contribution in [0.25, 0.3) is 22.4 Å². The van der Waals surface area contributed by atoms with Gasteiger partial charge >= 0.3 is 0 Å². The number of imidazole rings is 1. The van der Waals surface area contributed by atoms with Gasteiger partial charge in [-0.2, -0.15) is 5.10 Å². The van der Waals surface area contributed by atoms with Crippen molar-refractivity contribution in [3.8, 4) is 11.1 Å². The molecule has 0 radical (unpaired) electrons. The van der Waals surface area contributed by atoms with E-state index in [1.807, 2.05) is 67.3 Å². The van der Waals surface area contributed by atoms with Crippen molar-refractivity contribution in [2.45, 2.75) is 36.5 Å². The molecule has 0 amide bonds. The lowest BCUT2D eigenvalue weighted by Crippen LogP contribution is -2.16. The maximum absolute atomic E-state index is 11.9. The molecule has 1 N–H and O–H groups in total. The van der Waals surface area contributed by atoms with E-state index in [1.165, 1.54) is 11.8 Å². The third-order valence-electron chi connectivity index (χ3n) is 5.59. The average Bonchev–Trinajstić information content (AvgIpc) is 3.53. The van der Waals surface area contributed by atoms with E-state index >= 15 is 0 Å². The Balaban J connectivity index is 0.000000453. The zero-order valence-corrected chi connectivity index (χ0v) is 20.1. The number of aryl methyl sites for hydroxylation is 1. The van der Waals surface area contributed by atoms with Crippen LogP contribution in [0.4, 0.5) is 5.82 Å². The van der Waals surface area contributed by atoms with E-state index in [0.29, 0.717) is 17.6 Å². The van der Waals surface area contributed by atoms with Crippen LogP contribution in [0.5, 0.6) is 0 Å². The van der Waals surface area contributed by atoms with E-state index < -0.39 is 0 Å². The Labute approximate surface area is 205 Å². The molecule has 35 heavy (non-hydrogen) atoms. The molecule has 5 aromatic rings. The molecule has 1 aliphatic rings. The van der Waals surface area contributed by atoms with Crippen LogP contribution in [-0.4, -0.2) is 47.1 Å². The Morgan fingerprint density at radius 3 is 2.51 bits per heavy atom. The first-order valence-electron chi connectivity index (χ1n) is 11.3. The van der Waals surface area contributed by atoms with Gasteiger partial charge in [0.2, 0.25) is 5.16 Å². The first-order valence-corrected chi connectivity index (χ1v) is 12.1. The number of fused-ring (bicyclic) bond motifs is 2. The second kappa shape index (κ2) is 9.71. The van der Waals surface area contributed by atoms with Gasteiger partial charge in [-0.1, -0.05) is 0 Å². The van der Waals surface area contributed by atoms with Crippen molar-refractivity contribution in [3.05, 3.63) is 65.3 Å². The number of carbonyl (C=O) groups excluding carboxylic acids is 1. The highest BCUT2D eigenvalue weighted by molar-refractivity contribution is 7.99. The Bertz CT molecular complexity index is 1570. The van der Waals surface area contributed by atoms with Gasteiger partial charge in [0.25, 0.3) is 5.56 Å². The summed E-state index contributed by atoms with van der Waals surface area (Å²) in [6.07, 6.45) is 9.00. The lowest BCUT2D eigenvalue weighted by molar-refractivity contribution is -0.108. The van der Waals surface area contributed by atoms with Gasteiger partial charge in [0.1, 0.15) is 17.1 Å². The molecule has 0 unspecified atom stereocenters. The summed E-state index contributed by atoms with van der Waals surface area (Å²) in [5.74, 6) is 1.21. The molecule has 0 spiro atoms. The third kappa shape index (κ3) is 4.94. The molecule has 0 aliphatic heterocycles. The number of aromatic nitrogens is 7. The molecular formula is C24H24N8O2S. The lowest BCUT2D eigenvalue weighted by Gasteiger charge is -2.07. The molecule has 11 heteroatoms.